The van der Waals surface area contributed by atoms with E-state index in [-0.39, 0.29) is 88.7 Å². The molecule has 0 spiro atoms. The standard InChI is InChI=1S/3CHO4P.3Na/c3*2-1(3)6(4)5;;;/h3*(H,2,3);;;/q;;;3*+1/p-3. The fourth-order valence-electron chi connectivity index (χ4n) is 0. The van der Waals surface area contributed by atoms with Gasteiger partial charge in [-0.25, -0.2) is 27.4 Å². The smallest absolute Gasteiger partial charge is 0.536 e. The molecule has 0 unspecified atom stereocenters. The van der Waals surface area contributed by atoms with Gasteiger partial charge in [0.05, 0.1) is 0 Å². The van der Waals surface area contributed by atoms with E-state index in [0.29, 0.717) is 0 Å². The molecule has 0 aliphatic carbocycles. The summed E-state index contributed by atoms with van der Waals surface area (Å²) in [6.45, 7) is 0. The third kappa shape index (κ3) is 44.9. The van der Waals surface area contributed by atoms with E-state index in [1.54, 1.807) is 0 Å². The molecule has 21 heavy (non-hydrogen) atoms. The average Bonchev–Trinajstić information content (AvgIpc) is 2.18. The zero-order chi connectivity index (χ0) is 15.5. The third-order valence-electron chi connectivity index (χ3n) is 0.447. The van der Waals surface area contributed by atoms with Gasteiger partial charge in [0.25, 0.3) is 0 Å². The van der Waals surface area contributed by atoms with Gasteiger partial charge in [-0.05, 0) is 0 Å². The molecule has 0 amide bonds. The Morgan fingerprint density at radius 1 is 0.476 bits per heavy atom. The fourth-order valence-corrected chi connectivity index (χ4v) is 0. The first-order valence-electron chi connectivity index (χ1n) is 2.99. The Labute approximate surface area is 183 Å². The van der Waals surface area contributed by atoms with E-state index in [4.69, 9.17) is 57.1 Å². The summed E-state index contributed by atoms with van der Waals surface area (Å²) in [6, 6.07) is 0. The van der Waals surface area contributed by atoms with Crippen molar-refractivity contribution in [2.24, 2.45) is 0 Å². The second-order valence-corrected chi connectivity index (χ2v) is 4.21. The second-order valence-electron chi connectivity index (χ2n) is 1.57. The van der Waals surface area contributed by atoms with Crippen LogP contribution in [0.2, 0.25) is 0 Å². The molecular weight excluding hydrogens is 390 g/mol. The van der Waals surface area contributed by atoms with Gasteiger partial charge in [-0.2, -0.15) is 0 Å². The molecule has 0 atom stereocenters. The minimum Gasteiger partial charge on any atom is -0.536 e. The van der Waals surface area contributed by atoms with Gasteiger partial charge in [-0.3, -0.25) is 0 Å². The predicted molar refractivity (Wildman–Crippen MR) is 41.1 cm³/mol. The Balaban J connectivity index is -0.0000000375. The number of carboxylic acid groups (broad SMARTS) is 3. The normalized spacial score (nSPS) is 6.29. The minimum atomic E-state index is -3.35. The summed E-state index contributed by atoms with van der Waals surface area (Å²) in [5.41, 5.74) is -6.11. The molecule has 12 nitrogen and oxygen atoms in total. The average molecular weight is 390 g/mol. The van der Waals surface area contributed by atoms with Crippen LogP contribution in [0.5, 0.6) is 0 Å². The van der Waals surface area contributed by atoms with Crippen LogP contribution in [0.4, 0.5) is 14.4 Å². The maximum absolute atomic E-state index is 9.07. The monoisotopic (exact) mass is 390 g/mol. The van der Waals surface area contributed by atoms with Crippen molar-refractivity contribution < 1.29 is 146 Å². The fraction of sp³-hybridized carbons (Fsp3) is 0. The van der Waals surface area contributed by atoms with Crippen molar-refractivity contribution in [3.8, 4) is 0 Å². The molecule has 0 aromatic carbocycles. The molecule has 0 saturated heterocycles. The van der Waals surface area contributed by atoms with Gasteiger partial charge in [-0.1, -0.05) is 0 Å². The first-order chi connectivity index (χ1) is 7.93. The number of hydrogen-bond acceptors (Lipinski definition) is 12. The van der Waals surface area contributed by atoms with Gasteiger partial charge in [0.15, 0.2) is 17.1 Å². The molecule has 0 rings (SSSR count). The Bertz CT molecular complexity index is 429. The molecule has 0 aliphatic heterocycles. The number of hydrogen-bond donors (Lipinski definition) is 0. The van der Waals surface area contributed by atoms with Crippen LogP contribution in [-0.2, 0) is 27.4 Å². The molecule has 102 valence electrons. The van der Waals surface area contributed by atoms with E-state index in [1.807, 2.05) is 0 Å². The molecule has 0 aliphatic rings. The molecule has 0 aromatic rings. The molecule has 0 radical (unpaired) electrons. The van der Waals surface area contributed by atoms with E-state index < -0.39 is 40.2 Å². The number of carbonyl (C=O) groups is 3. The van der Waals surface area contributed by atoms with Gasteiger partial charge in [-0.15, -0.1) is 0 Å². The number of rotatable bonds is 3. The summed E-state index contributed by atoms with van der Waals surface area (Å²) in [7, 11) is -10.1. The first kappa shape index (κ1) is 38.0. The Kier molecular flexibility index (Phi) is 42.3. The van der Waals surface area contributed by atoms with Crippen LogP contribution in [0.15, 0.2) is 0 Å². The summed E-state index contributed by atoms with van der Waals surface area (Å²) in [4.78, 5) is 27.0. The van der Waals surface area contributed by atoms with E-state index >= 15 is 0 Å². The van der Waals surface area contributed by atoms with Crippen molar-refractivity contribution in [2.45, 2.75) is 0 Å². The van der Waals surface area contributed by atoms with Crippen molar-refractivity contribution in [1.82, 2.24) is 0 Å². The zero-order valence-electron chi connectivity index (χ0n) is 10.7. The third-order valence-corrected chi connectivity index (χ3v) is 1.34. The van der Waals surface area contributed by atoms with Crippen LogP contribution in [0.1, 0.15) is 0 Å². The summed E-state index contributed by atoms with van der Waals surface area (Å²) >= 11 is 0. The van der Waals surface area contributed by atoms with E-state index in [0.717, 1.165) is 0 Å². The van der Waals surface area contributed by atoms with Crippen LogP contribution < -0.4 is 104 Å². The van der Waals surface area contributed by atoms with Crippen molar-refractivity contribution >= 4 is 40.2 Å². The van der Waals surface area contributed by atoms with Gasteiger partial charge in [0.1, 0.15) is 0 Å². The topological polar surface area (TPSA) is 223 Å². The van der Waals surface area contributed by atoms with E-state index in [1.165, 1.54) is 0 Å². The molecule has 18 heteroatoms. The maximum Gasteiger partial charge on any atom is 1.00 e. The van der Waals surface area contributed by atoms with Crippen LogP contribution in [0.3, 0.4) is 0 Å². The van der Waals surface area contributed by atoms with E-state index in [2.05, 4.69) is 0 Å². The summed E-state index contributed by atoms with van der Waals surface area (Å²) in [5, 5.41) is 27.0. The van der Waals surface area contributed by atoms with Crippen LogP contribution in [0.25, 0.3) is 0 Å². The molecule has 0 saturated carbocycles. The van der Waals surface area contributed by atoms with Crippen LogP contribution in [-0.4, -0.2) is 17.1 Å². The first-order valence-corrected chi connectivity index (χ1v) is 6.52. The molecule has 0 N–H and O–H groups in total. The Morgan fingerprint density at radius 2 is 0.524 bits per heavy atom. The van der Waals surface area contributed by atoms with Gasteiger partial charge in [0.2, 0.25) is 0 Å². The molecule has 0 aromatic heterocycles. The quantitative estimate of drug-likeness (QED) is 0.323. The minimum absolute atomic E-state index is 0. The summed E-state index contributed by atoms with van der Waals surface area (Å²) < 4.78 is 54.4. The van der Waals surface area contributed by atoms with Crippen molar-refractivity contribution in [3.05, 3.63) is 0 Å². The summed E-state index contributed by atoms with van der Waals surface area (Å²) in [6.07, 6.45) is 0. The summed E-state index contributed by atoms with van der Waals surface area (Å²) in [5.74, 6) is 0. The van der Waals surface area contributed by atoms with Crippen molar-refractivity contribution in [2.75, 3.05) is 0 Å². The molecule has 0 bridgehead atoms. The molecular formula is C3Na3O12P3. The predicted octanol–water partition coefficient (Wildman–Crippen LogP) is -10.5. The number of carbonyl (C=O) groups excluding carboxylic acids is 3. The Morgan fingerprint density at radius 3 is 0.524 bits per heavy atom. The van der Waals surface area contributed by atoms with Gasteiger partial charge >= 0.3 is 112 Å². The van der Waals surface area contributed by atoms with Crippen molar-refractivity contribution in [3.63, 3.8) is 0 Å². The van der Waals surface area contributed by atoms with Crippen molar-refractivity contribution in [1.29, 1.82) is 0 Å². The largest absolute Gasteiger partial charge is 1.00 e. The second kappa shape index (κ2) is 23.4. The van der Waals surface area contributed by atoms with Gasteiger partial charge < -0.3 is 29.7 Å². The van der Waals surface area contributed by atoms with Gasteiger partial charge in [0, 0.05) is 0 Å². The SMILES string of the molecule is O=C([O-])P(=O)=O.O=C([O-])P(=O)=O.O=C([O-])P(=O)=O.[Na+].[Na+].[Na+]. The van der Waals surface area contributed by atoms with E-state index in [9.17, 15) is 0 Å². The molecule has 0 fully saturated rings. The Hall–Kier alpha value is 1.11. The van der Waals surface area contributed by atoms with Crippen LogP contribution >= 0.6 is 23.0 Å². The molecule has 0 heterocycles. The maximum atomic E-state index is 9.07. The zero-order valence-corrected chi connectivity index (χ0v) is 19.4. The van der Waals surface area contributed by atoms with Crippen LogP contribution in [0, 0.1) is 0 Å².